The Bertz CT molecular complexity index is 1790. The standard InChI is InChI=1S/C28H24ClF3N10O2/c1-14-9-15(12-33)10-19(25(43)36-23(16-4-5-16)17-6-7-17)22(14)35-26(44)21-11-18(13-41-39-27(37-40-41)28(30,31)32)38-42(21)24-20(29)3-2-8-34-24/h2-3,8-11,16-17,23H,4-7,13H2,1H3,(H,35,44)(H,36,43). The minimum atomic E-state index is -4.79. The molecule has 0 bridgehead atoms. The van der Waals surface area contributed by atoms with Gasteiger partial charge >= 0.3 is 6.18 Å². The summed E-state index contributed by atoms with van der Waals surface area (Å²) in [7, 11) is 0. The van der Waals surface area contributed by atoms with Crippen LogP contribution in [0.2, 0.25) is 5.02 Å². The maximum atomic E-state index is 13.8. The summed E-state index contributed by atoms with van der Waals surface area (Å²) < 4.78 is 40.1. The number of hydrogen-bond donors (Lipinski definition) is 2. The predicted octanol–water partition coefficient (Wildman–Crippen LogP) is 4.33. The van der Waals surface area contributed by atoms with Gasteiger partial charge in [-0.25, -0.2) is 9.67 Å². The van der Waals surface area contributed by atoms with Crippen molar-refractivity contribution in [2.24, 2.45) is 11.8 Å². The van der Waals surface area contributed by atoms with Crippen LogP contribution in [0.5, 0.6) is 0 Å². The first-order valence-electron chi connectivity index (χ1n) is 13.7. The molecular weight excluding hydrogens is 601 g/mol. The fourth-order valence-electron chi connectivity index (χ4n) is 5.07. The molecule has 4 aromatic rings. The van der Waals surface area contributed by atoms with Crippen molar-refractivity contribution in [3.63, 3.8) is 0 Å². The van der Waals surface area contributed by atoms with Gasteiger partial charge in [-0.15, -0.1) is 10.2 Å². The number of halogens is 4. The van der Waals surface area contributed by atoms with Gasteiger partial charge in [0.05, 0.1) is 33.6 Å². The van der Waals surface area contributed by atoms with Crippen molar-refractivity contribution in [3.8, 4) is 11.9 Å². The van der Waals surface area contributed by atoms with Gasteiger partial charge in [0.1, 0.15) is 12.2 Å². The molecule has 0 aliphatic heterocycles. The first-order chi connectivity index (χ1) is 21.0. The van der Waals surface area contributed by atoms with E-state index in [-0.39, 0.29) is 51.6 Å². The van der Waals surface area contributed by atoms with Crippen LogP contribution in [0.1, 0.15) is 69.2 Å². The van der Waals surface area contributed by atoms with Gasteiger partial charge in [-0.3, -0.25) is 9.59 Å². The fourth-order valence-corrected chi connectivity index (χ4v) is 5.27. The van der Waals surface area contributed by atoms with Crippen LogP contribution >= 0.6 is 11.6 Å². The Kier molecular flexibility index (Phi) is 7.54. The molecule has 2 aliphatic carbocycles. The Morgan fingerprint density at radius 3 is 2.48 bits per heavy atom. The third-order valence-corrected chi connectivity index (χ3v) is 7.74. The van der Waals surface area contributed by atoms with E-state index >= 15 is 0 Å². The third-order valence-electron chi connectivity index (χ3n) is 7.45. The van der Waals surface area contributed by atoms with Crippen LogP contribution in [0.15, 0.2) is 36.5 Å². The largest absolute Gasteiger partial charge is 0.455 e. The van der Waals surface area contributed by atoms with E-state index in [4.69, 9.17) is 11.6 Å². The highest BCUT2D eigenvalue weighted by Gasteiger charge is 2.42. The Balaban J connectivity index is 1.34. The molecular formula is C28H24ClF3N10O2. The third kappa shape index (κ3) is 6.11. The number of aryl methyl sites for hydroxylation is 1. The molecule has 0 radical (unpaired) electrons. The van der Waals surface area contributed by atoms with Gasteiger partial charge in [0, 0.05) is 12.2 Å². The van der Waals surface area contributed by atoms with E-state index in [9.17, 15) is 28.0 Å². The Morgan fingerprint density at radius 1 is 1.14 bits per heavy atom. The summed E-state index contributed by atoms with van der Waals surface area (Å²) in [6.45, 7) is 1.31. The molecule has 2 fully saturated rings. The molecule has 12 nitrogen and oxygen atoms in total. The van der Waals surface area contributed by atoms with Crippen LogP contribution in [-0.2, 0) is 12.7 Å². The zero-order chi connectivity index (χ0) is 31.2. The molecule has 44 heavy (non-hydrogen) atoms. The summed E-state index contributed by atoms with van der Waals surface area (Å²) in [5.41, 5.74) is 1.09. The van der Waals surface area contributed by atoms with E-state index in [0.717, 1.165) is 30.4 Å². The number of amides is 2. The summed E-state index contributed by atoms with van der Waals surface area (Å²) in [6, 6.07) is 9.51. The average Bonchev–Trinajstić information content (AvgIpc) is 3.92. The maximum absolute atomic E-state index is 13.8. The van der Waals surface area contributed by atoms with Gasteiger partial charge in [-0.05, 0) is 85.6 Å². The van der Waals surface area contributed by atoms with E-state index in [1.807, 2.05) is 0 Å². The zero-order valence-electron chi connectivity index (χ0n) is 23.1. The molecule has 3 aromatic heterocycles. The van der Waals surface area contributed by atoms with Gasteiger partial charge in [0.2, 0.25) is 0 Å². The quantitative estimate of drug-likeness (QED) is 0.279. The number of anilines is 1. The SMILES string of the molecule is Cc1cc(C#N)cc(C(=O)NC(C2CC2)C2CC2)c1NC(=O)c1cc(Cn2nnc(C(F)(F)F)n2)nn1-c1ncccc1Cl. The number of alkyl halides is 3. The topological polar surface area (TPSA) is 156 Å². The highest BCUT2D eigenvalue weighted by Crippen LogP contribution is 2.44. The molecule has 2 N–H and O–H groups in total. The molecule has 226 valence electrons. The number of carbonyl (C=O) groups excluding carboxylic acids is 2. The summed E-state index contributed by atoms with van der Waals surface area (Å²) in [4.78, 5) is 32.3. The molecule has 1 aromatic carbocycles. The van der Waals surface area contributed by atoms with Crippen molar-refractivity contribution in [2.75, 3.05) is 5.32 Å². The number of hydrogen-bond acceptors (Lipinski definition) is 8. The van der Waals surface area contributed by atoms with Crippen LogP contribution in [0.4, 0.5) is 18.9 Å². The predicted molar refractivity (Wildman–Crippen MR) is 149 cm³/mol. The summed E-state index contributed by atoms with van der Waals surface area (Å²) in [6.07, 6.45) is 0.837. The van der Waals surface area contributed by atoms with Crippen LogP contribution in [0.25, 0.3) is 5.82 Å². The minimum absolute atomic E-state index is 0.0376. The minimum Gasteiger partial charge on any atom is -0.349 e. The van der Waals surface area contributed by atoms with E-state index in [0.29, 0.717) is 22.2 Å². The van der Waals surface area contributed by atoms with E-state index in [1.54, 1.807) is 19.1 Å². The second-order valence-electron chi connectivity index (χ2n) is 10.8. The lowest BCUT2D eigenvalue weighted by Crippen LogP contribution is -2.38. The molecule has 16 heteroatoms. The average molecular weight is 625 g/mol. The number of benzene rings is 1. The second kappa shape index (κ2) is 11.3. The summed E-state index contributed by atoms with van der Waals surface area (Å²) >= 11 is 6.35. The molecule has 0 saturated heterocycles. The maximum Gasteiger partial charge on any atom is 0.455 e. The highest BCUT2D eigenvalue weighted by atomic mass is 35.5. The Hall–Kier alpha value is -4.84. The lowest BCUT2D eigenvalue weighted by molar-refractivity contribution is -0.145. The van der Waals surface area contributed by atoms with E-state index in [1.165, 1.54) is 24.4 Å². The first kappa shape index (κ1) is 29.2. The number of tetrazole rings is 1. The van der Waals surface area contributed by atoms with Crippen molar-refractivity contribution >= 4 is 29.1 Å². The number of nitriles is 1. The second-order valence-corrected chi connectivity index (χ2v) is 11.2. The van der Waals surface area contributed by atoms with Gasteiger partial charge in [-0.2, -0.15) is 28.3 Å². The normalized spacial score (nSPS) is 14.8. The number of carbonyl (C=O) groups is 2. The van der Waals surface area contributed by atoms with Crippen molar-refractivity contribution in [1.29, 1.82) is 5.26 Å². The molecule has 3 heterocycles. The fraction of sp³-hybridized carbons (Fsp3) is 0.357. The van der Waals surface area contributed by atoms with Crippen LogP contribution in [0.3, 0.4) is 0 Å². The summed E-state index contributed by atoms with van der Waals surface area (Å²) in [5, 5.41) is 29.8. The Morgan fingerprint density at radius 2 is 1.86 bits per heavy atom. The van der Waals surface area contributed by atoms with Crippen molar-refractivity contribution in [3.05, 3.63) is 75.5 Å². The molecule has 0 atom stereocenters. The molecule has 2 saturated carbocycles. The van der Waals surface area contributed by atoms with Crippen molar-refractivity contribution in [1.82, 2.24) is 40.3 Å². The van der Waals surface area contributed by atoms with Crippen molar-refractivity contribution < 1.29 is 22.8 Å². The van der Waals surface area contributed by atoms with Gasteiger partial charge < -0.3 is 10.6 Å². The van der Waals surface area contributed by atoms with E-state index in [2.05, 4.69) is 42.2 Å². The lowest BCUT2D eigenvalue weighted by Gasteiger charge is -2.20. The highest BCUT2D eigenvalue weighted by molar-refractivity contribution is 6.32. The molecule has 0 spiro atoms. The van der Waals surface area contributed by atoms with Gasteiger partial charge in [0.25, 0.3) is 17.6 Å². The van der Waals surface area contributed by atoms with Crippen molar-refractivity contribution in [2.45, 2.75) is 51.4 Å². The summed E-state index contributed by atoms with van der Waals surface area (Å²) in [5.74, 6) is -1.60. The zero-order valence-corrected chi connectivity index (χ0v) is 23.9. The first-order valence-corrected chi connectivity index (χ1v) is 14.1. The lowest BCUT2D eigenvalue weighted by atomic mass is 10.0. The van der Waals surface area contributed by atoms with Crippen LogP contribution in [-0.4, -0.2) is 52.8 Å². The number of aromatic nitrogens is 7. The van der Waals surface area contributed by atoms with Gasteiger partial charge in [0.15, 0.2) is 5.82 Å². The smallest absolute Gasteiger partial charge is 0.349 e. The number of nitrogens with zero attached hydrogens (tertiary/aromatic N) is 8. The number of pyridine rings is 1. The Labute approximate surface area is 253 Å². The molecule has 6 rings (SSSR count). The van der Waals surface area contributed by atoms with Crippen LogP contribution in [0, 0.1) is 30.1 Å². The molecule has 2 aliphatic rings. The molecule has 2 amide bonds. The van der Waals surface area contributed by atoms with Gasteiger partial charge in [-0.1, -0.05) is 11.6 Å². The van der Waals surface area contributed by atoms with Crippen LogP contribution < -0.4 is 10.6 Å². The van der Waals surface area contributed by atoms with E-state index < -0.39 is 23.8 Å². The number of nitrogens with one attached hydrogen (secondary N) is 2. The monoisotopic (exact) mass is 624 g/mol. The number of rotatable bonds is 9. The molecule has 0 unspecified atom stereocenters.